The van der Waals surface area contributed by atoms with Gasteiger partial charge in [-0.25, -0.2) is 16.8 Å². The van der Waals surface area contributed by atoms with Crippen LogP contribution < -0.4 is 8.37 Å². The molecule has 24 heavy (non-hydrogen) atoms. The summed E-state index contributed by atoms with van der Waals surface area (Å²) in [6.07, 6.45) is 2.15. The molecule has 0 aliphatic heterocycles. The van der Waals surface area contributed by atoms with Gasteiger partial charge in [-0.1, -0.05) is 0 Å². The molecule has 2 aromatic carbocycles. The Kier molecular flexibility index (Phi) is 5.31. The van der Waals surface area contributed by atoms with E-state index in [4.69, 9.17) is 8.37 Å². The number of hydrogen-bond donors (Lipinski definition) is 0. The molecule has 10 heteroatoms. The van der Waals surface area contributed by atoms with Crippen LogP contribution in [-0.4, -0.2) is 33.6 Å². The van der Waals surface area contributed by atoms with Crippen LogP contribution in [-0.2, 0) is 31.0 Å². The number of benzene rings is 2. The number of sulfone groups is 2. The van der Waals surface area contributed by atoms with Crippen LogP contribution in [0.2, 0.25) is 0 Å². The average Bonchev–Trinajstić information content (AvgIpc) is 2.46. The van der Waals surface area contributed by atoms with Gasteiger partial charge in [-0.15, -0.1) is 0 Å². The molecule has 0 amide bonds. The van der Waals surface area contributed by atoms with E-state index in [1.807, 2.05) is 0 Å². The molecule has 0 bridgehead atoms. The molecule has 0 aliphatic carbocycles. The first kappa shape index (κ1) is 18.4. The van der Waals surface area contributed by atoms with E-state index in [0.29, 0.717) is 0 Å². The quantitative estimate of drug-likeness (QED) is 0.737. The molecule has 0 saturated heterocycles. The Bertz CT molecular complexity index is 865. The standard InChI is InChI=1S/C14H14O7S3/c1-23(16,17)13-7-3-11(4-8-13)20-22(15)21-12-5-9-14(10-6-12)24(2,18)19/h3-10H,1-2H3. The van der Waals surface area contributed by atoms with Gasteiger partial charge < -0.3 is 8.37 Å². The molecule has 0 saturated carbocycles. The molecule has 0 unspecified atom stereocenters. The molecule has 2 aromatic rings. The first-order valence-electron chi connectivity index (χ1n) is 6.44. The highest BCUT2D eigenvalue weighted by Crippen LogP contribution is 2.19. The van der Waals surface area contributed by atoms with E-state index in [0.717, 1.165) is 12.5 Å². The molecule has 0 aromatic heterocycles. The molecule has 0 fully saturated rings. The van der Waals surface area contributed by atoms with Gasteiger partial charge in [0.15, 0.2) is 19.7 Å². The van der Waals surface area contributed by atoms with Crippen molar-refractivity contribution < 1.29 is 29.4 Å². The molecule has 0 aliphatic rings. The maximum atomic E-state index is 11.8. The summed E-state index contributed by atoms with van der Waals surface area (Å²) in [4.78, 5) is 0.218. The largest absolute Gasteiger partial charge is 0.417 e. The second kappa shape index (κ2) is 6.91. The molecule has 0 N–H and O–H groups in total. The van der Waals surface area contributed by atoms with Crippen molar-refractivity contribution in [1.29, 1.82) is 0 Å². The Morgan fingerprint density at radius 3 is 1.21 bits per heavy atom. The smallest absolute Gasteiger partial charge is 0.371 e. The zero-order valence-corrected chi connectivity index (χ0v) is 15.2. The second-order valence-electron chi connectivity index (χ2n) is 4.86. The fourth-order valence-corrected chi connectivity index (χ4v) is 3.49. The third-order valence-electron chi connectivity index (χ3n) is 2.83. The van der Waals surface area contributed by atoms with Gasteiger partial charge in [-0.2, -0.15) is 4.21 Å². The summed E-state index contributed by atoms with van der Waals surface area (Å²) in [5, 5.41) is 0. The summed E-state index contributed by atoms with van der Waals surface area (Å²) in [7, 11) is -6.65. The minimum absolute atomic E-state index is 0.109. The lowest BCUT2D eigenvalue weighted by atomic mass is 10.3. The summed E-state index contributed by atoms with van der Waals surface area (Å²) in [6, 6.07) is 10.7. The maximum Gasteiger partial charge on any atom is 0.417 e. The first-order chi connectivity index (χ1) is 11.1. The predicted octanol–water partition coefficient (Wildman–Crippen LogP) is 1.53. The minimum Gasteiger partial charge on any atom is -0.371 e. The Morgan fingerprint density at radius 1 is 0.667 bits per heavy atom. The lowest BCUT2D eigenvalue weighted by molar-refractivity contribution is 0.461. The van der Waals surface area contributed by atoms with Gasteiger partial charge in [-0.3, -0.25) is 0 Å². The van der Waals surface area contributed by atoms with Crippen molar-refractivity contribution in [3.05, 3.63) is 48.5 Å². The van der Waals surface area contributed by atoms with E-state index in [2.05, 4.69) is 0 Å². The van der Waals surface area contributed by atoms with Gasteiger partial charge in [0.05, 0.1) is 9.79 Å². The molecule has 0 atom stereocenters. The number of hydrogen-bond acceptors (Lipinski definition) is 7. The molecular formula is C14H14O7S3. The van der Waals surface area contributed by atoms with E-state index in [-0.39, 0.29) is 21.3 Å². The average molecular weight is 390 g/mol. The van der Waals surface area contributed by atoms with Crippen molar-refractivity contribution >= 4 is 31.0 Å². The Hall–Kier alpha value is -1.91. The second-order valence-corrected chi connectivity index (χ2v) is 9.63. The fourth-order valence-electron chi connectivity index (χ4n) is 1.66. The maximum absolute atomic E-state index is 11.8. The Morgan fingerprint density at radius 2 is 0.958 bits per heavy atom. The van der Waals surface area contributed by atoms with Crippen LogP contribution >= 0.6 is 0 Å². The van der Waals surface area contributed by atoms with Crippen molar-refractivity contribution in [2.45, 2.75) is 9.79 Å². The lowest BCUT2D eigenvalue weighted by Crippen LogP contribution is -2.08. The van der Waals surface area contributed by atoms with Gasteiger partial charge in [0.25, 0.3) is 0 Å². The SMILES string of the molecule is CS(=O)(=O)c1ccc(OS(=O)Oc2ccc(S(C)(=O)=O)cc2)cc1. The first-order valence-corrected chi connectivity index (χ1v) is 11.2. The Labute approximate surface area is 142 Å². The van der Waals surface area contributed by atoms with Crippen LogP contribution in [0.4, 0.5) is 0 Å². The van der Waals surface area contributed by atoms with E-state index in [1.165, 1.54) is 48.5 Å². The highest BCUT2D eigenvalue weighted by atomic mass is 32.2. The van der Waals surface area contributed by atoms with Crippen molar-refractivity contribution in [1.82, 2.24) is 0 Å². The van der Waals surface area contributed by atoms with E-state index >= 15 is 0 Å². The van der Waals surface area contributed by atoms with Crippen LogP contribution in [0.25, 0.3) is 0 Å². The highest BCUT2D eigenvalue weighted by molar-refractivity contribution is 7.91. The van der Waals surface area contributed by atoms with E-state index in [1.54, 1.807) is 0 Å². The van der Waals surface area contributed by atoms with Gasteiger partial charge in [0.2, 0.25) is 0 Å². The lowest BCUT2D eigenvalue weighted by Gasteiger charge is -2.07. The molecule has 2 rings (SSSR count). The van der Waals surface area contributed by atoms with Crippen LogP contribution in [0.15, 0.2) is 58.3 Å². The van der Waals surface area contributed by atoms with Crippen molar-refractivity contribution in [2.75, 3.05) is 12.5 Å². The van der Waals surface area contributed by atoms with Crippen LogP contribution in [0.1, 0.15) is 0 Å². The zero-order valence-electron chi connectivity index (χ0n) is 12.7. The summed E-state index contributed by atoms with van der Waals surface area (Å²) in [6.45, 7) is 0. The fraction of sp³-hybridized carbons (Fsp3) is 0.143. The molecule has 0 heterocycles. The monoisotopic (exact) mass is 390 g/mol. The van der Waals surface area contributed by atoms with Crippen LogP contribution in [0.5, 0.6) is 11.5 Å². The summed E-state index contributed by atoms with van der Waals surface area (Å²) >= 11 is -2.18. The van der Waals surface area contributed by atoms with Gasteiger partial charge >= 0.3 is 11.4 Å². The van der Waals surface area contributed by atoms with Crippen molar-refractivity contribution in [3.8, 4) is 11.5 Å². The van der Waals surface area contributed by atoms with E-state index < -0.39 is 31.0 Å². The predicted molar refractivity (Wildman–Crippen MR) is 88.5 cm³/mol. The minimum atomic E-state index is -3.32. The summed E-state index contributed by atoms with van der Waals surface area (Å²) < 4.78 is 67.2. The number of rotatable bonds is 6. The molecular weight excluding hydrogens is 376 g/mol. The van der Waals surface area contributed by atoms with Gasteiger partial charge in [-0.05, 0) is 48.5 Å². The Balaban J connectivity index is 2.03. The summed E-state index contributed by atoms with van der Waals surface area (Å²) in [5.41, 5.74) is 0. The van der Waals surface area contributed by atoms with Crippen LogP contribution in [0, 0.1) is 0 Å². The van der Waals surface area contributed by atoms with Crippen molar-refractivity contribution in [3.63, 3.8) is 0 Å². The van der Waals surface area contributed by atoms with E-state index in [9.17, 15) is 21.0 Å². The third kappa shape index (κ3) is 5.05. The third-order valence-corrected chi connectivity index (χ3v) is 5.75. The topological polar surface area (TPSA) is 104 Å². The van der Waals surface area contributed by atoms with Crippen LogP contribution in [0.3, 0.4) is 0 Å². The normalized spacial score (nSPS) is 12.1. The van der Waals surface area contributed by atoms with Gasteiger partial charge in [0, 0.05) is 12.5 Å². The van der Waals surface area contributed by atoms with Gasteiger partial charge in [0.1, 0.15) is 11.5 Å². The molecule has 7 nitrogen and oxygen atoms in total. The molecule has 130 valence electrons. The zero-order chi connectivity index (χ0) is 18.0. The highest BCUT2D eigenvalue weighted by Gasteiger charge is 2.11. The molecule has 0 spiro atoms. The van der Waals surface area contributed by atoms with Crippen molar-refractivity contribution in [2.24, 2.45) is 0 Å². The molecule has 0 radical (unpaired) electrons. The summed E-state index contributed by atoms with van der Waals surface area (Å²) in [5.74, 6) is 0.321.